The summed E-state index contributed by atoms with van der Waals surface area (Å²) >= 11 is 0. The minimum Gasteiger partial charge on any atom is -0.442 e. The lowest BCUT2D eigenvalue weighted by Gasteiger charge is -2.19. The number of rotatable bonds is 2. The van der Waals surface area contributed by atoms with Crippen molar-refractivity contribution in [1.29, 1.82) is 0 Å². The number of carbonyl (C=O) groups is 1. The Labute approximate surface area is 94.3 Å². The molecule has 0 unspecified atom stereocenters. The number of carbonyl (C=O) groups excluding carboxylic acids is 1. The fourth-order valence-electron chi connectivity index (χ4n) is 1.15. The highest BCUT2D eigenvalue weighted by atomic mass is 16.6. The minimum atomic E-state index is -0.567. The highest BCUT2D eigenvalue weighted by Gasteiger charge is 2.21. The molecule has 16 heavy (non-hydrogen) atoms. The molecule has 0 aliphatic carbocycles. The summed E-state index contributed by atoms with van der Waals surface area (Å²) in [5.41, 5.74) is 5.51. The lowest BCUT2D eigenvalue weighted by molar-refractivity contribution is 0.0497. The molecule has 0 saturated carbocycles. The molecular weight excluding hydrogens is 210 g/mol. The number of ether oxygens (including phenoxy) is 2. The zero-order chi connectivity index (χ0) is 12.3. The number of nitrogens with two attached hydrogens (primary N) is 1. The van der Waals surface area contributed by atoms with Crippen LogP contribution in [-0.2, 0) is 16.1 Å². The first kappa shape index (κ1) is 12.5. The van der Waals surface area contributed by atoms with Crippen molar-refractivity contribution in [2.75, 3.05) is 12.8 Å². The second kappa shape index (κ2) is 4.52. The molecule has 1 heterocycles. The molecule has 0 aromatic carbocycles. The number of hydrogen-bond donors (Lipinski definition) is 1. The lowest BCUT2D eigenvalue weighted by Crippen LogP contribution is -2.28. The van der Waals surface area contributed by atoms with E-state index in [1.807, 2.05) is 0 Å². The SMILES string of the molecule is COCc1cc(N)nn1C(=O)OC(C)(C)C. The highest BCUT2D eigenvalue weighted by Crippen LogP contribution is 2.12. The van der Waals surface area contributed by atoms with Crippen molar-refractivity contribution in [3.05, 3.63) is 11.8 Å². The zero-order valence-corrected chi connectivity index (χ0v) is 9.98. The lowest BCUT2D eigenvalue weighted by atomic mass is 10.2. The van der Waals surface area contributed by atoms with E-state index in [-0.39, 0.29) is 12.4 Å². The monoisotopic (exact) mass is 227 g/mol. The number of anilines is 1. The highest BCUT2D eigenvalue weighted by molar-refractivity contribution is 5.71. The van der Waals surface area contributed by atoms with Gasteiger partial charge in [0.2, 0.25) is 0 Å². The van der Waals surface area contributed by atoms with Crippen LogP contribution in [0.5, 0.6) is 0 Å². The van der Waals surface area contributed by atoms with Crippen LogP contribution in [0.2, 0.25) is 0 Å². The number of aromatic nitrogens is 2. The van der Waals surface area contributed by atoms with Gasteiger partial charge in [0.15, 0.2) is 0 Å². The summed E-state index contributed by atoms with van der Waals surface area (Å²) < 4.78 is 11.2. The van der Waals surface area contributed by atoms with E-state index in [0.29, 0.717) is 5.69 Å². The van der Waals surface area contributed by atoms with Gasteiger partial charge in [-0.1, -0.05) is 0 Å². The van der Waals surface area contributed by atoms with E-state index in [4.69, 9.17) is 15.2 Å². The van der Waals surface area contributed by atoms with Crippen LogP contribution < -0.4 is 5.73 Å². The van der Waals surface area contributed by atoms with Gasteiger partial charge in [0.05, 0.1) is 12.3 Å². The molecule has 2 N–H and O–H groups in total. The van der Waals surface area contributed by atoms with E-state index >= 15 is 0 Å². The average Bonchev–Trinajstić information content (AvgIpc) is 2.44. The van der Waals surface area contributed by atoms with Gasteiger partial charge in [0.1, 0.15) is 11.4 Å². The van der Waals surface area contributed by atoms with Crippen molar-refractivity contribution >= 4 is 11.9 Å². The summed E-state index contributed by atoms with van der Waals surface area (Å²) in [5, 5.41) is 3.85. The second-order valence-electron chi connectivity index (χ2n) is 4.39. The second-order valence-corrected chi connectivity index (χ2v) is 4.39. The molecule has 6 heteroatoms. The Morgan fingerprint density at radius 2 is 2.19 bits per heavy atom. The first-order valence-corrected chi connectivity index (χ1v) is 4.90. The van der Waals surface area contributed by atoms with Crippen LogP contribution in [0.3, 0.4) is 0 Å². The van der Waals surface area contributed by atoms with E-state index in [1.54, 1.807) is 26.8 Å². The maximum Gasteiger partial charge on any atom is 0.435 e. The molecule has 1 aromatic rings. The van der Waals surface area contributed by atoms with Gasteiger partial charge in [-0.05, 0) is 20.8 Å². The molecule has 0 atom stereocenters. The summed E-state index contributed by atoms with van der Waals surface area (Å²) in [6, 6.07) is 1.58. The fourth-order valence-corrected chi connectivity index (χ4v) is 1.15. The quantitative estimate of drug-likeness (QED) is 0.826. The normalized spacial score (nSPS) is 11.5. The minimum absolute atomic E-state index is 0.253. The molecule has 0 amide bonds. The number of hydrogen-bond acceptors (Lipinski definition) is 5. The number of nitrogen functional groups attached to an aromatic ring is 1. The Kier molecular flexibility index (Phi) is 3.54. The third kappa shape index (κ3) is 3.23. The van der Waals surface area contributed by atoms with Crippen LogP contribution in [-0.4, -0.2) is 28.6 Å². The summed E-state index contributed by atoms with van der Waals surface area (Å²) in [6.07, 6.45) is -0.559. The molecule has 0 fully saturated rings. The third-order valence-corrected chi connectivity index (χ3v) is 1.66. The predicted octanol–water partition coefficient (Wildman–Crippen LogP) is 1.39. The van der Waals surface area contributed by atoms with E-state index in [0.717, 1.165) is 4.68 Å². The van der Waals surface area contributed by atoms with Gasteiger partial charge in [-0.2, -0.15) is 4.68 Å². The van der Waals surface area contributed by atoms with E-state index in [2.05, 4.69) is 5.10 Å². The van der Waals surface area contributed by atoms with E-state index in [1.165, 1.54) is 7.11 Å². The smallest absolute Gasteiger partial charge is 0.435 e. The van der Waals surface area contributed by atoms with Gasteiger partial charge in [-0.3, -0.25) is 0 Å². The van der Waals surface area contributed by atoms with Crippen molar-refractivity contribution < 1.29 is 14.3 Å². The van der Waals surface area contributed by atoms with Crippen LogP contribution in [0.15, 0.2) is 6.07 Å². The zero-order valence-electron chi connectivity index (χ0n) is 9.98. The van der Waals surface area contributed by atoms with Gasteiger partial charge in [-0.25, -0.2) is 4.79 Å². The van der Waals surface area contributed by atoms with Crippen LogP contribution in [0, 0.1) is 0 Å². The van der Waals surface area contributed by atoms with Crippen LogP contribution in [0.1, 0.15) is 26.5 Å². The van der Waals surface area contributed by atoms with Gasteiger partial charge in [0, 0.05) is 13.2 Å². The molecular formula is C10H17N3O3. The van der Waals surface area contributed by atoms with Crippen LogP contribution >= 0.6 is 0 Å². The molecule has 0 bridgehead atoms. The van der Waals surface area contributed by atoms with E-state index < -0.39 is 11.7 Å². The third-order valence-electron chi connectivity index (χ3n) is 1.66. The standard InChI is InChI=1S/C10H17N3O3/c1-10(2,3)16-9(14)13-7(6-15-4)5-8(11)12-13/h5H,6H2,1-4H3,(H2,11,12). The van der Waals surface area contributed by atoms with Gasteiger partial charge >= 0.3 is 6.09 Å². The van der Waals surface area contributed by atoms with E-state index in [9.17, 15) is 4.79 Å². The molecule has 1 aromatic heterocycles. The summed E-state index contributed by atoms with van der Waals surface area (Å²) in [7, 11) is 1.53. The maximum atomic E-state index is 11.7. The molecule has 6 nitrogen and oxygen atoms in total. The first-order chi connectivity index (χ1) is 7.33. The molecule has 0 aliphatic heterocycles. The van der Waals surface area contributed by atoms with Gasteiger partial charge in [0.25, 0.3) is 0 Å². The first-order valence-electron chi connectivity index (χ1n) is 4.90. The van der Waals surface area contributed by atoms with Crippen molar-refractivity contribution in [2.45, 2.75) is 33.0 Å². The Morgan fingerprint density at radius 1 is 1.56 bits per heavy atom. The number of nitrogens with zero attached hydrogens (tertiary/aromatic N) is 2. The largest absolute Gasteiger partial charge is 0.442 e. The predicted molar refractivity (Wildman–Crippen MR) is 59.0 cm³/mol. The molecule has 1 rings (SSSR count). The molecule has 0 saturated heterocycles. The summed E-state index contributed by atoms with van der Waals surface area (Å²) in [5.74, 6) is 0.262. The van der Waals surface area contributed by atoms with Gasteiger partial charge in [-0.15, -0.1) is 5.10 Å². The fraction of sp³-hybridized carbons (Fsp3) is 0.600. The topological polar surface area (TPSA) is 79.4 Å². The molecule has 0 radical (unpaired) electrons. The summed E-state index contributed by atoms with van der Waals surface area (Å²) in [6.45, 7) is 5.61. The Hall–Kier alpha value is -1.56. The Balaban J connectivity index is 2.90. The van der Waals surface area contributed by atoms with Crippen molar-refractivity contribution in [3.8, 4) is 0 Å². The van der Waals surface area contributed by atoms with Crippen molar-refractivity contribution in [3.63, 3.8) is 0 Å². The van der Waals surface area contributed by atoms with Crippen LogP contribution in [0.25, 0.3) is 0 Å². The van der Waals surface area contributed by atoms with Crippen LogP contribution in [0.4, 0.5) is 10.6 Å². The number of methoxy groups -OCH3 is 1. The Bertz CT molecular complexity index is 379. The van der Waals surface area contributed by atoms with Crippen molar-refractivity contribution in [2.24, 2.45) is 0 Å². The van der Waals surface area contributed by atoms with Gasteiger partial charge < -0.3 is 15.2 Å². The molecule has 90 valence electrons. The Morgan fingerprint density at radius 3 is 2.69 bits per heavy atom. The van der Waals surface area contributed by atoms with Crippen molar-refractivity contribution in [1.82, 2.24) is 9.78 Å². The summed E-state index contributed by atoms with van der Waals surface area (Å²) in [4.78, 5) is 11.7. The maximum absolute atomic E-state index is 11.7. The molecule has 0 spiro atoms. The average molecular weight is 227 g/mol. The molecule has 0 aliphatic rings.